The molecule has 2 N–H and O–H groups in total. The van der Waals surface area contributed by atoms with Gasteiger partial charge in [-0.1, -0.05) is 32.9 Å². The van der Waals surface area contributed by atoms with Crippen molar-refractivity contribution in [2.75, 3.05) is 13.6 Å². The van der Waals surface area contributed by atoms with E-state index >= 15 is 0 Å². The van der Waals surface area contributed by atoms with Crippen LogP contribution in [0.15, 0.2) is 18.6 Å². The van der Waals surface area contributed by atoms with E-state index in [4.69, 9.17) is 0 Å². The quantitative estimate of drug-likeness (QED) is 0.719. The number of likely N-dealkylation sites (tertiary alicyclic amines) is 1. The Kier molecular flexibility index (Phi) is 6.25. The van der Waals surface area contributed by atoms with E-state index in [0.717, 1.165) is 18.5 Å². The highest BCUT2D eigenvalue weighted by Crippen LogP contribution is 2.34. The number of hydrogen-bond donors (Lipinski definition) is 2. The first-order valence-corrected chi connectivity index (χ1v) is 10.3. The van der Waals surface area contributed by atoms with Crippen molar-refractivity contribution in [1.82, 2.24) is 35.0 Å². The van der Waals surface area contributed by atoms with Crippen LogP contribution in [0.5, 0.6) is 0 Å². The number of hydrogen-bond acceptors (Lipinski definition) is 6. The highest BCUT2D eigenvalue weighted by atomic mass is 16.3. The van der Waals surface area contributed by atoms with Crippen LogP contribution >= 0.6 is 0 Å². The summed E-state index contributed by atoms with van der Waals surface area (Å²) in [6.07, 6.45) is 5.85. The van der Waals surface area contributed by atoms with Gasteiger partial charge in [0, 0.05) is 38.3 Å². The minimum atomic E-state index is -0.729. The van der Waals surface area contributed by atoms with Gasteiger partial charge in [-0.15, -0.1) is 5.10 Å². The lowest BCUT2D eigenvalue weighted by Gasteiger charge is -2.34. The first-order chi connectivity index (χ1) is 14.2. The van der Waals surface area contributed by atoms with Gasteiger partial charge in [-0.3, -0.25) is 14.3 Å². The summed E-state index contributed by atoms with van der Waals surface area (Å²) in [4.78, 5) is 27.3. The molecule has 164 valence electrons. The second kappa shape index (κ2) is 8.55. The third-order valence-electron chi connectivity index (χ3n) is 5.32. The number of aliphatic hydroxyl groups excluding tert-OH is 1. The number of β-amino-alcohol motifs (C(OH)–C–C–N with tert-alkyl or cyclic N) is 1. The smallest absolute Gasteiger partial charge is 0.248 e. The average Bonchev–Trinajstić information content (AvgIpc) is 3.40. The highest BCUT2D eigenvalue weighted by molar-refractivity contribution is 5.90. The van der Waals surface area contributed by atoms with Crippen molar-refractivity contribution in [2.24, 2.45) is 5.41 Å². The molecule has 10 nitrogen and oxygen atoms in total. The summed E-state index contributed by atoms with van der Waals surface area (Å²) >= 11 is 0. The standard InChI is InChI=1S/C20H31N7O3/c1-6-7-25-10-13(9-22-25)15-12-27(24-23-15)17(20(2,3)4)19(30)26-11-14(28)8-16(26)18(29)21-5/h9-10,12,14,16-17,28H,6-8,11H2,1-5H3,(H,21,29)/t14-,16+,17-/m1/s1. The molecule has 0 saturated carbocycles. The third kappa shape index (κ3) is 4.38. The number of nitrogens with zero attached hydrogens (tertiary/aromatic N) is 6. The number of carbonyl (C=O) groups is 2. The Morgan fingerprint density at radius 1 is 1.33 bits per heavy atom. The van der Waals surface area contributed by atoms with Crippen LogP contribution in [0, 0.1) is 5.41 Å². The number of likely N-dealkylation sites (N-methyl/N-ethyl adjacent to an activating group) is 1. The summed E-state index contributed by atoms with van der Waals surface area (Å²) in [5.41, 5.74) is 0.966. The Balaban J connectivity index is 1.90. The van der Waals surface area contributed by atoms with E-state index in [9.17, 15) is 14.7 Å². The molecule has 10 heteroatoms. The highest BCUT2D eigenvalue weighted by Gasteiger charge is 2.45. The van der Waals surface area contributed by atoms with Gasteiger partial charge < -0.3 is 15.3 Å². The van der Waals surface area contributed by atoms with Gasteiger partial charge in [0.25, 0.3) is 0 Å². The van der Waals surface area contributed by atoms with Crippen LogP contribution < -0.4 is 5.32 Å². The average molecular weight is 418 g/mol. The third-order valence-corrected chi connectivity index (χ3v) is 5.32. The molecule has 0 radical (unpaired) electrons. The fourth-order valence-electron chi connectivity index (χ4n) is 3.89. The minimum Gasteiger partial charge on any atom is -0.391 e. The second-order valence-electron chi connectivity index (χ2n) is 8.85. The summed E-state index contributed by atoms with van der Waals surface area (Å²) < 4.78 is 3.40. The van der Waals surface area contributed by atoms with Crippen LogP contribution in [0.4, 0.5) is 0 Å². The number of amides is 2. The Morgan fingerprint density at radius 2 is 2.07 bits per heavy atom. The fraction of sp³-hybridized carbons (Fsp3) is 0.650. The van der Waals surface area contributed by atoms with Crippen LogP contribution in [0.3, 0.4) is 0 Å². The Bertz CT molecular complexity index is 898. The van der Waals surface area contributed by atoms with E-state index in [-0.39, 0.29) is 24.8 Å². The predicted molar refractivity (Wildman–Crippen MR) is 110 cm³/mol. The van der Waals surface area contributed by atoms with Crippen molar-refractivity contribution in [2.45, 2.75) is 65.3 Å². The lowest BCUT2D eigenvalue weighted by molar-refractivity contribution is -0.144. The van der Waals surface area contributed by atoms with Gasteiger partial charge in [0.15, 0.2) is 0 Å². The largest absolute Gasteiger partial charge is 0.391 e. The Labute approximate surface area is 176 Å². The number of aryl methyl sites for hydroxylation is 1. The van der Waals surface area contributed by atoms with Gasteiger partial charge in [-0.2, -0.15) is 5.10 Å². The molecule has 0 aliphatic carbocycles. The van der Waals surface area contributed by atoms with E-state index in [1.807, 2.05) is 31.6 Å². The predicted octanol–water partition coefficient (Wildman–Crippen LogP) is 0.847. The van der Waals surface area contributed by atoms with Gasteiger partial charge in [0.2, 0.25) is 11.8 Å². The maximum Gasteiger partial charge on any atom is 0.248 e. The van der Waals surface area contributed by atoms with E-state index in [1.54, 1.807) is 17.1 Å². The van der Waals surface area contributed by atoms with E-state index in [2.05, 4.69) is 27.7 Å². The molecule has 2 amide bonds. The van der Waals surface area contributed by atoms with Crippen LogP contribution in [-0.4, -0.2) is 72.3 Å². The maximum absolute atomic E-state index is 13.5. The van der Waals surface area contributed by atoms with E-state index < -0.39 is 23.6 Å². The zero-order valence-electron chi connectivity index (χ0n) is 18.2. The Hall–Kier alpha value is -2.75. The first-order valence-electron chi connectivity index (χ1n) is 10.3. The molecule has 0 unspecified atom stereocenters. The molecule has 1 saturated heterocycles. The molecule has 2 aromatic heterocycles. The molecule has 1 aliphatic heterocycles. The molecule has 3 rings (SSSR count). The van der Waals surface area contributed by atoms with Crippen molar-refractivity contribution in [3.8, 4) is 11.3 Å². The van der Waals surface area contributed by atoms with Gasteiger partial charge >= 0.3 is 0 Å². The van der Waals surface area contributed by atoms with Crippen molar-refractivity contribution < 1.29 is 14.7 Å². The van der Waals surface area contributed by atoms with E-state index in [1.165, 1.54) is 11.9 Å². The summed E-state index contributed by atoms with van der Waals surface area (Å²) in [5.74, 6) is -0.541. The number of rotatable bonds is 6. The van der Waals surface area contributed by atoms with Gasteiger partial charge in [-0.05, 0) is 11.8 Å². The fourth-order valence-corrected chi connectivity index (χ4v) is 3.89. The topological polar surface area (TPSA) is 118 Å². The maximum atomic E-state index is 13.5. The van der Waals surface area contributed by atoms with Crippen LogP contribution in [0.2, 0.25) is 0 Å². The van der Waals surface area contributed by atoms with E-state index in [0.29, 0.717) is 5.69 Å². The summed E-state index contributed by atoms with van der Waals surface area (Å²) in [5, 5.41) is 25.5. The van der Waals surface area contributed by atoms with Gasteiger partial charge in [-0.25, -0.2) is 4.68 Å². The van der Waals surface area contributed by atoms with Crippen molar-refractivity contribution in [3.05, 3.63) is 18.6 Å². The zero-order chi connectivity index (χ0) is 22.1. The summed E-state index contributed by atoms with van der Waals surface area (Å²) in [6.45, 7) is 8.84. The van der Waals surface area contributed by atoms with Gasteiger partial charge in [0.05, 0.1) is 18.5 Å². The Morgan fingerprint density at radius 3 is 2.70 bits per heavy atom. The molecule has 30 heavy (non-hydrogen) atoms. The zero-order valence-corrected chi connectivity index (χ0v) is 18.2. The lowest BCUT2D eigenvalue weighted by atomic mass is 9.85. The monoisotopic (exact) mass is 417 g/mol. The SMILES string of the molecule is CCCn1cc(-c2cn([C@H](C(=O)N3C[C@H](O)C[C@H]3C(=O)NC)C(C)(C)C)nn2)cn1. The molecule has 3 heterocycles. The number of nitrogens with one attached hydrogen (secondary N) is 1. The number of carbonyl (C=O) groups excluding carboxylic acids is 2. The molecule has 1 aliphatic rings. The molecule has 2 aromatic rings. The molecule has 3 atom stereocenters. The molecule has 0 bridgehead atoms. The second-order valence-corrected chi connectivity index (χ2v) is 8.85. The first kappa shape index (κ1) is 21.9. The summed E-state index contributed by atoms with van der Waals surface area (Å²) in [7, 11) is 1.53. The minimum absolute atomic E-state index is 0.120. The molecular weight excluding hydrogens is 386 g/mol. The normalized spacial score (nSPS) is 20.4. The van der Waals surface area contributed by atoms with Crippen molar-refractivity contribution >= 4 is 11.8 Å². The lowest BCUT2D eigenvalue weighted by Crippen LogP contribution is -2.49. The molecule has 0 spiro atoms. The molecule has 0 aromatic carbocycles. The van der Waals surface area contributed by atoms with Gasteiger partial charge in [0.1, 0.15) is 17.8 Å². The number of aromatic nitrogens is 5. The molecular formula is C20H31N7O3. The van der Waals surface area contributed by atoms with Crippen molar-refractivity contribution in [3.63, 3.8) is 0 Å². The van der Waals surface area contributed by atoms with Crippen LogP contribution in [0.1, 0.15) is 46.6 Å². The summed E-state index contributed by atoms with van der Waals surface area (Å²) in [6, 6.07) is -1.38. The molecule has 1 fully saturated rings. The van der Waals surface area contributed by atoms with Crippen LogP contribution in [0.25, 0.3) is 11.3 Å². The van der Waals surface area contributed by atoms with Crippen molar-refractivity contribution in [1.29, 1.82) is 0 Å². The number of aliphatic hydroxyl groups is 1. The van der Waals surface area contributed by atoms with Crippen LogP contribution in [-0.2, 0) is 16.1 Å².